The maximum Gasteiger partial charge on any atom is 0.325 e. The second-order valence-electron chi connectivity index (χ2n) is 6.03. The molecule has 0 aromatic heterocycles. The van der Waals surface area contributed by atoms with Gasteiger partial charge in [0.25, 0.3) is 11.8 Å². The lowest BCUT2D eigenvalue weighted by Crippen LogP contribution is -2.40. The number of anilines is 1. The van der Waals surface area contributed by atoms with Gasteiger partial charge in [-0.2, -0.15) is 0 Å². The summed E-state index contributed by atoms with van der Waals surface area (Å²) in [6, 6.07) is 2.63. The number of carbonyl (C=O) groups is 4. The Kier molecular flexibility index (Phi) is 4.87. The predicted molar refractivity (Wildman–Crippen MR) is 85.9 cm³/mol. The molecule has 8 nitrogen and oxygen atoms in total. The zero-order chi connectivity index (χ0) is 18.0. The highest BCUT2D eigenvalue weighted by molar-refractivity contribution is 6.21. The molecule has 24 heavy (non-hydrogen) atoms. The number of nitrogens with zero attached hydrogens (tertiary/aromatic N) is 1. The van der Waals surface area contributed by atoms with E-state index in [2.05, 4.69) is 10.6 Å². The fourth-order valence-electron chi connectivity index (χ4n) is 2.32. The summed E-state index contributed by atoms with van der Waals surface area (Å²) < 4.78 is 0. The van der Waals surface area contributed by atoms with Crippen LogP contribution in [0, 0.1) is 5.92 Å². The molecule has 1 unspecified atom stereocenters. The van der Waals surface area contributed by atoms with Gasteiger partial charge in [-0.15, -0.1) is 0 Å². The fourth-order valence-corrected chi connectivity index (χ4v) is 2.32. The van der Waals surface area contributed by atoms with E-state index in [-0.39, 0.29) is 17.4 Å². The van der Waals surface area contributed by atoms with Gasteiger partial charge in [-0.1, -0.05) is 13.8 Å². The Balaban J connectivity index is 2.15. The molecule has 0 saturated carbocycles. The van der Waals surface area contributed by atoms with Gasteiger partial charge in [0, 0.05) is 12.2 Å². The summed E-state index contributed by atoms with van der Waals surface area (Å²) in [7, 11) is 0. The number of rotatable bonds is 5. The first-order valence-corrected chi connectivity index (χ1v) is 7.51. The van der Waals surface area contributed by atoms with Crippen LogP contribution in [0.4, 0.5) is 10.5 Å². The number of nitrogens with one attached hydrogen (secondary N) is 2. The molecular formula is C16H19N3O5. The van der Waals surface area contributed by atoms with Crippen LogP contribution in [0.15, 0.2) is 18.2 Å². The van der Waals surface area contributed by atoms with E-state index in [1.54, 1.807) is 0 Å². The summed E-state index contributed by atoms with van der Waals surface area (Å²) in [6.45, 7) is 5.47. The number of fused-ring (bicyclic) bond motifs is 1. The maximum atomic E-state index is 12.3. The van der Waals surface area contributed by atoms with Gasteiger partial charge in [-0.05, 0) is 31.0 Å². The molecule has 128 valence electrons. The average molecular weight is 333 g/mol. The van der Waals surface area contributed by atoms with Crippen molar-refractivity contribution in [3.8, 4) is 0 Å². The van der Waals surface area contributed by atoms with Crippen molar-refractivity contribution in [1.82, 2.24) is 10.2 Å². The van der Waals surface area contributed by atoms with Crippen molar-refractivity contribution in [3.05, 3.63) is 29.3 Å². The Morgan fingerprint density at radius 1 is 1.12 bits per heavy atom. The normalized spacial score (nSPS) is 14.6. The summed E-state index contributed by atoms with van der Waals surface area (Å²) in [5.41, 5.74) is 0.826. The first-order valence-electron chi connectivity index (χ1n) is 7.51. The third kappa shape index (κ3) is 3.53. The predicted octanol–water partition coefficient (Wildman–Crippen LogP) is 1.53. The first-order chi connectivity index (χ1) is 11.2. The number of urea groups is 1. The molecule has 4 amide bonds. The molecule has 0 saturated heterocycles. The second kappa shape index (κ2) is 6.69. The van der Waals surface area contributed by atoms with Crippen molar-refractivity contribution < 1.29 is 24.3 Å². The van der Waals surface area contributed by atoms with Gasteiger partial charge < -0.3 is 15.7 Å². The molecule has 1 aromatic rings. The number of benzene rings is 1. The Morgan fingerprint density at radius 3 is 2.33 bits per heavy atom. The zero-order valence-corrected chi connectivity index (χ0v) is 13.6. The van der Waals surface area contributed by atoms with Crippen molar-refractivity contribution in [1.29, 1.82) is 0 Å². The van der Waals surface area contributed by atoms with Crippen molar-refractivity contribution >= 4 is 29.5 Å². The van der Waals surface area contributed by atoms with Crippen LogP contribution in [0.3, 0.4) is 0 Å². The average Bonchev–Trinajstić information content (AvgIpc) is 2.71. The molecular weight excluding hydrogens is 314 g/mol. The summed E-state index contributed by atoms with van der Waals surface area (Å²) in [6.07, 6.45) is 0. The van der Waals surface area contributed by atoms with Crippen LogP contribution in [0.1, 0.15) is 41.5 Å². The number of hydrogen-bond donors (Lipinski definition) is 3. The molecule has 0 radical (unpaired) electrons. The van der Waals surface area contributed by atoms with Gasteiger partial charge in [0.1, 0.15) is 6.04 Å². The number of hydrogen-bond acceptors (Lipinski definition) is 4. The van der Waals surface area contributed by atoms with Crippen LogP contribution in [0.2, 0.25) is 0 Å². The number of carboxylic acid groups (broad SMARTS) is 1. The summed E-state index contributed by atoms with van der Waals surface area (Å²) in [4.78, 5) is 48.2. The van der Waals surface area contributed by atoms with Gasteiger partial charge in [-0.25, -0.2) is 4.79 Å². The Morgan fingerprint density at radius 2 is 1.75 bits per heavy atom. The quantitative estimate of drug-likeness (QED) is 0.707. The van der Waals surface area contributed by atoms with E-state index in [9.17, 15) is 19.2 Å². The lowest BCUT2D eigenvalue weighted by atomic mass is 10.1. The minimum atomic E-state index is -1.16. The molecule has 0 spiro atoms. The van der Waals surface area contributed by atoms with Crippen LogP contribution in [0.25, 0.3) is 0 Å². The summed E-state index contributed by atoms with van der Waals surface area (Å²) in [5, 5.41) is 13.5. The number of carboxylic acids is 1. The van der Waals surface area contributed by atoms with Crippen molar-refractivity contribution in [3.63, 3.8) is 0 Å². The fraction of sp³-hybridized carbons (Fsp3) is 0.375. The van der Waals surface area contributed by atoms with E-state index in [1.807, 2.05) is 13.8 Å². The zero-order valence-electron chi connectivity index (χ0n) is 13.6. The van der Waals surface area contributed by atoms with E-state index in [4.69, 9.17) is 5.11 Å². The van der Waals surface area contributed by atoms with Gasteiger partial charge in [-0.3, -0.25) is 19.3 Å². The van der Waals surface area contributed by atoms with Crippen molar-refractivity contribution in [2.24, 2.45) is 5.92 Å². The Labute approximate surface area is 138 Å². The number of imide groups is 1. The van der Waals surface area contributed by atoms with Crippen LogP contribution in [0.5, 0.6) is 0 Å². The van der Waals surface area contributed by atoms with Crippen molar-refractivity contribution in [2.75, 3.05) is 11.9 Å². The van der Waals surface area contributed by atoms with E-state index in [0.29, 0.717) is 17.8 Å². The van der Waals surface area contributed by atoms with Crippen LogP contribution < -0.4 is 10.6 Å². The summed E-state index contributed by atoms with van der Waals surface area (Å²) >= 11 is 0. The molecule has 1 aliphatic heterocycles. The topological polar surface area (TPSA) is 116 Å². The van der Waals surface area contributed by atoms with Gasteiger partial charge in [0.05, 0.1) is 11.1 Å². The molecule has 0 aliphatic carbocycles. The highest BCUT2D eigenvalue weighted by Gasteiger charge is 2.35. The highest BCUT2D eigenvalue weighted by Crippen LogP contribution is 2.26. The highest BCUT2D eigenvalue weighted by atomic mass is 16.4. The maximum absolute atomic E-state index is 12.3. The van der Waals surface area contributed by atoms with E-state index >= 15 is 0 Å². The molecule has 0 bridgehead atoms. The van der Waals surface area contributed by atoms with Crippen LogP contribution >= 0.6 is 0 Å². The smallest absolute Gasteiger partial charge is 0.325 e. The Bertz CT molecular complexity index is 714. The standard InChI is InChI=1S/C16H19N3O5/c1-8(2)7-19-13(20)11-5-4-10(6-12(11)14(19)21)18-16(24)17-9(3)15(22)23/h4-6,8-9H,7H2,1-3H3,(H,22,23)(H2,17,18,24). The van der Waals surface area contributed by atoms with E-state index in [0.717, 1.165) is 0 Å². The van der Waals surface area contributed by atoms with Crippen molar-refractivity contribution in [2.45, 2.75) is 26.8 Å². The number of amides is 4. The molecule has 3 N–H and O–H groups in total. The van der Waals surface area contributed by atoms with Crippen LogP contribution in [-0.4, -0.2) is 46.4 Å². The van der Waals surface area contributed by atoms with Crippen LogP contribution in [-0.2, 0) is 4.79 Å². The van der Waals surface area contributed by atoms with Gasteiger partial charge in [0.15, 0.2) is 0 Å². The van der Waals surface area contributed by atoms with E-state index < -0.39 is 23.9 Å². The van der Waals surface area contributed by atoms with Gasteiger partial charge >= 0.3 is 12.0 Å². The molecule has 1 aromatic carbocycles. The molecule has 8 heteroatoms. The minimum Gasteiger partial charge on any atom is -0.480 e. The molecule has 0 fully saturated rings. The Hall–Kier alpha value is -2.90. The molecule has 1 atom stereocenters. The SMILES string of the molecule is CC(C)CN1C(=O)c2ccc(NC(=O)NC(C)C(=O)O)cc2C1=O. The largest absolute Gasteiger partial charge is 0.480 e. The molecule has 1 heterocycles. The second-order valence-corrected chi connectivity index (χ2v) is 6.03. The number of aliphatic carboxylic acids is 1. The molecule has 1 aliphatic rings. The lowest BCUT2D eigenvalue weighted by molar-refractivity contribution is -0.138. The van der Waals surface area contributed by atoms with Gasteiger partial charge in [0.2, 0.25) is 0 Å². The monoisotopic (exact) mass is 333 g/mol. The number of carbonyl (C=O) groups excluding carboxylic acids is 3. The van der Waals surface area contributed by atoms with E-state index in [1.165, 1.54) is 30.0 Å². The summed E-state index contributed by atoms with van der Waals surface area (Å²) in [5.74, 6) is -1.76. The first kappa shape index (κ1) is 17.5. The lowest BCUT2D eigenvalue weighted by Gasteiger charge is -2.15. The minimum absolute atomic E-state index is 0.146. The third-order valence-electron chi connectivity index (χ3n) is 3.49. The third-order valence-corrected chi connectivity index (χ3v) is 3.49. The molecule has 2 rings (SSSR count).